The summed E-state index contributed by atoms with van der Waals surface area (Å²) in [4.78, 5) is 15.4. The summed E-state index contributed by atoms with van der Waals surface area (Å²) in [5, 5.41) is 0. The molecule has 1 aliphatic carbocycles. The van der Waals surface area contributed by atoms with Gasteiger partial charge in [0.05, 0.1) is 11.5 Å². The molecule has 25 heavy (non-hydrogen) atoms. The van der Waals surface area contributed by atoms with Crippen LogP contribution in [0.1, 0.15) is 54.9 Å². The number of hydrogen-bond acceptors (Lipinski definition) is 2. The second-order valence-electron chi connectivity index (χ2n) is 7.75. The zero-order valence-electron chi connectivity index (χ0n) is 15.0. The fourth-order valence-corrected chi connectivity index (χ4v) is 4.42. The maximum Gasteiger partial charge on any atom is 0.229 e. The Morgan fingerprint density at radius 3 is 2.88 bits per heavy atom. The van der Waals surface area contributed by atoms with Crippen LogP contribution in [-0.4, -0.2) is 17.4 Å². The Morgan fingerprint density at radius 1 is 1.32 bits per heavy atom. The van der Waals surface area contributed by atoms with Gasteiger partial charge in [0.1, 0.15) is 11.5 Å². The first-order valence-corrected chi connectivity index (χ1v) is 9.11. The fourth-order valence-electron chi connectivity index (χ4n) is 4.42. The number of nitrogens with zero attached hydrogens (tertiary/aromatic N) is 1. The highest BCUT2D eigenvalue weighted by Crippen LogP contribution is 2.45. The molecule has 3 heteroatoms. The van der Waals surface area contributed by atoms with E-state index >= 15 is 0 Å². The van der Waals surface area contributed by atoms with Crippen molar-refractivity contribution in [2.24, 2.45) is 5.41 Å². The molecule has 4 rings (SSSR count). The highest BCUT2D eigenvalue weighted by Gasteiger charge is 2.46. The van der Waals surface area contributed by atoms with Crippen molar-refractivity contribution in [1.29, 1.82) is 0 Å². The molecule has 0 bridgehead atoms. The number of benzene rings is 1. The molecular weight excluding hydrogens is 310 g/mol. The Hall–Kier alpha value is -2.29. The lowest BCUT2D eigenvalue weighted by atomic mass is 9.81. The smallest absolute Gasteiger partial charge is 0.229 e. The second kappa shape index (κ2) is 5.91. The quantitative estimate of drug-likeness (QED) is 0.795. The Kier molecular flexibility index (Phi) is 3.82. The summed E-state index contributed by atoms with van der Waals surface area (Å²) in [5.41, 5.74) is 3.26. The minimum absolute atomic E-state index is 0.240. The molecule has 130 valence electrons. The van der Waals surface area contributed by atoms with Crippen LogP contribution in [0.3, 0.4) is 0 Å². The van der Waals surface area contributed by atoms with Crippen LogP contribution < -0.4 is 0 Å². The highest BCUT2D eigenvalue weighted by molar-refractivity contribution is 5.87. The van der Waals surface area contributed by atoms with Gasteiger partial charge in [-0.15, -0.1) is 0 Å². The van der Waals surface area contributed by atoms with E-state index in [-0.39, 0.29) is 17.4 Å². The lowest BCUT2D eigenvalue weighted by molar-refractivity contribution is -0.137. The summed E-state index contributed by atoms with van der Waals surface area (Å²) in [5.74, 6) is 1.94. The van der Waals surface area contributed by atoms with Crippen LogP contribution >= 0.6 is 0 Å². The number of carbonyl (C=O) groups is 1. The second-order valence-corrected chi connectivity index (χ2v) is 7.75. The van der Waals surface area contributed by atoms with Gasteiger partial charge >= 0.3 is 0 Å². The number of likely N-dealkylation sites (tertiary alicyclic amines) is 1. The van der Waals surface area contributed by atoms with Gasteiger partial charge in [-0.1, -0.05) is 37.8 Å². The van der Waals surface area contributed by atoms with E-state index in [0.717, 1.165) is 42.9 Å². The first kappa shape index (κ1) is 16.2. The number of rotatable bonds is 4. The Balaban J connectivity index is 1.52. The number of carbonyl (C=O) groups excluding carboxylic acids is 1. The van der Waals surface area contributed by atoms with Crippen LogP contribution in [0.25, 0.3) is 5.57 Å². The zero-order valence-corrected chi connectivity index (χ0v) is 15.0. The van der Waals surface area contributed by atoms with E-state index < -0.39 is 0 Å². The molecule has 1 amide bonds. The molecule has 0 saturated carbocycles. The molecule has 1 saturated heterocycles. The molecule has 1 aromatic heterocycles. The van der Waals surface area contributed by atoms with E-state index in [1.165, 1.54) is 11.1 Å². The van der Waals surface area contributed by atoms with Gasteiger partial charge < -0.3 is 9.32 Å². The van der Waals surface area contributed by atoms with Crippen LogP contribution in [0.5, 0.6) is 0 Å². The number of aryl methyl sites for hydroxylation is 2. The van der Waals surface area contributed by atoms with Crippen LogP contribution in [0.4, 0.5) is 0 Å². The number of hydrogen-bond donors (Lipinski definition) is 0. The number of fused-ring (bicyclic) bond motifs is 1. The van der Waals surface area contributed by atoms with Crippen molar-refractivity contribution in [2.45, 2.75) is 45.6 Å². The van der Waals surface area contributed by atoms with Gasteiger partial charge in [0.2, 0.25) is 5.91 Å². The van der Waals surface area contributed by atoms with Crippen LogP contribution in [-0.2, 0) is 11.2 Å². The molecule has 2 unspecified atom stereocenters. The van der Waals surface area contributed by atoms with E-state index in [4.69, 9.17) is 4.42 Å². The third kappa shape index (κ3) is 2.72. The zero-order chi connectivity index (χ0) is 17.6. The Bertz CT molecular complexity index is 834. The molecule has 3 nitrogen and oxygen atoms in total. The van der Waals surface area contributed by atoms with Crippen molar-refractivity contribution in [3.63, 3.8) is 0 Å². The molecule has 2 aliphatic rings. The highest BCUT2D eigenvalue weighted by atomic mass is 16.3. The van der Waals surface area contributed by atoms with Gasteiger partial charge in [-0.05, 0) is 61.4 Å². The predicted molar refractivity (Wildman–Crippen MR) is 99.0 cm³/mol. The summed E-state index contributed by atoms with van der Waals surface area (Å²) in [6.45, 7) is 9.02. The first-order chi connectivity index (χ1) is 12.0. The molecule has 1 aromatic carbocycles. The van der Waals surface area contributed by atoms with E-state index in [2.05, 4.69) is 42.7 Å². The molecule has 0 radical (unpaired) electrons. The minimum Gasteiger partial charge on any atom is -0.462 e. The van der Waals surface area contributed by atoms with Gasteiger partial charge in [-0.25, -0.2) is 0 Å². The van der Waals surface area contributed by atoms with Crippen LogP contribution in [0, 0.1) is 12.3 Å². The third-order valence-electron chi connectivity index (χ3n) is 5.85. The van der Waals surface area contributed by atoms with Gasteiger partial charge in [0, 0.05) is 6.54 Å². The van der Waals surface area contributed by atoms with Gasteiger partial charge in [-0.3, -0.25) is 4.79 Å². The average Bonchev–Trinajstić information content (AvgIpc) is 3.27. The Morgan fingerprint density at radius 2 is 2.12 bits per heavy atom. The topological polar surface area (TPSA) is 33.5 Å². The lowest BCUT2D eigenvalue weighted by Gasteiger charge is -2.28. The fraction of sp³-hybridized carbons (Fsp3) is 0.409. The summed E-state index contributed by atoms with van der Waals surface area (Å²) >= 11 is 0. The lowest BCUT2D eigenvalue weighted by Crippen LogP contribution is -2.35. The largest absolute Gasteiger partial charge is 0.462 e. The van der Waals surface area contributed by atoms with E-state index in [9.17, 15) is 4.79 Å². The van der Waals surface area contributed by atoms with Crippen molar-refractivity contribution >= 4 is 11.5 Å². The maximum absolute atomic E-state index is 13.3. The predicted octanol–water partition coefficient (Wildman–Crippen LogP) is 4.92. The average molecular weight is 335 g/mol. The van der Waals surface area contributed by atoms with Crippen molar-refractivity contribution in [3.8, 4) is 0 Å². The normalized spacial score (nSPS) is 25.4. The monoisotopic (exact) mass is 335 g/mol. The Labute approximate surface area is 149 Å². The van der Waals surface area contributed by atoms with Crippen molar-refractivity contribution in [1.82, 2.24) is 4.90 Å². The van der Waals surface area contributed by atoms with Crippen molar-refractivity contribution < 1.29 is 9.21 Å². The van der Waals surface area contributed by atoms with Gasteiger partial charge in [0.15, 0.2) is 0 Å². The molecule has 0 N–H and O–H groups in total. The first-order valence-electron chi connectivity index (χ1n) is 9.11. The van der Waals surface area contributed by atoms with Gasteiger partial charge in [0.25, 0.3) is 0 Å². The summed E-state index contributed by atoms with van der Waals surface area (Å²) in [7, 11) is 0. The van der Waals surface area contributed by atoms with Crippen LogP contribution in [0.15, 0.2) is 47.4 Å². The minimum atomic E-state index is -0.380. The molecule has 2 atom stereocenters. The summed E-state index contributed by atoms with van der Waals surface area (Å²) in [6.07, 6.45) is 3.64. The molecule has 0 spiro atoms. The summed E-state index contributed by atoms with van der Waals surface area (Å²) in [6, 6.07) is 12.7. The number of allylic oxidation sites excluding steroid dienone is 1. The third-order valence-corrected chi connectivity index (χ3v) is 5.85. The molecule has 1 fully saturated rings. The standard InChI is InChI=1S/C22H25NO2/c1-15(20-11-8-16(2)25-20)14-22(3)12-13-23(21(22)24)19-10-9-17-6-4-5-7-18(17)19/h4-8,11,19H,1,9-10,12-14H2,2-3H3. The molecule has 2 aromatic rings. The summed E-state index contributed by atoms with van der Waals surface area (Å²) < 4.78 is 5.68. The number of furan rings is 1. The van der Waals surface area contributed by atoms with Crippen molar-refractivity contribution in [2.75, 3.05) is 6.54 Å². The molecule has 1 aliphatic heterocycles. The van der Waals surface area contributed by atoms with Crippen LogP contribution in [0.2, 0.25) is 0 Å². The van der Waals surface area contributed by atoms with Gasteiger partial charge in [-0.2, -0.15) is 0 Å². The van der Waals surface area contributed by atoms with E-state index in [0.29, 0.717) is 6.42 Å². The SMILES string of the molecule is C=C(CC1(C)CCN(C2CCc3ccccc32)C1=O)c1ccc(C)o1. The maximum atomic E-state index is 13.3. The van der Waals surface area contributed by atoms with E-state index in [1.54, 1.807) is 0 Å². The molecule has 2 heterocycles. The van der Waals surface area contributed by atoms with Crippen molar-refractivity contribution in [3.05, 3.63) is 65.6 Å². The number of amides is 1. The van der Waals surface area contributed by atoms with E-state index in [1.807, 2.05) is 19.1 Å². The molecular formula is C22H25NO2.